The van der Waals surface area contributed by atoms with Crippen molar-refractivity contribution in [2.24, 2.45) is 11.7 Å². The SMILES string of the molecule is CC(C)C(N)C(O)CO. The first-order valence-electron chi connectivity index (χ1n) is 3.14. The van der Waals surface area contributed by atoms with Crippen LogP contribution in [0.4, 0.5) is 0 Å². The Labute approximate surface area is 55.5 Å². The smallest absolute Gasteiger partial charge is 0.0923 e. The van der Waals surface area contributed by atoms with E-state index in [0.717, 1.165) is 0 Å². The third-order valence-electron chi connectivity index (χ3n) is 1.40. The number of aliphatic hydroxyl groups excluding tert-OH is 2. The molecule has 9 heavy (non-hydrogen) atoms. The molecule has 0 aliphatic carbocycles. The van der Waals surface area contributed by atoms with Crippen molar-refractivity contribution < 1.29 is 10.2 Å². The van der Waals surface area contributed by atoms with Gasteiger partial charge in [0.2, 0.25) is 0 Å². The first kappa shape index (κ1) is 8.88. The Morgan fingerprint density at radius 3 is 2.00 bits per heavy atom. The van der Waals surface area contributed by atoms with Gasteiger partial charge in [0.15, 0.2) is 0 Å². The second-order valence-corrected chi connectivity index (χ2v) is 2.57. The Kier molecular flexibility index (Phi) is 3.77. The fourth-order valence-corrected chi connectivity index (χ4v) is 0.566. The second-order valence-electron chi connectivity index (χ2n) is 2.57. The molecule has 56 valence electrons. The minimum atomic E-state index is -0.773. The van der Waals surface area contributed by atoms with Crippen LogP contribution in [0.5, 0.6) is 0 Å². The van der Waals surface area contributed by atoms with Crippen LogP contribution in [-0.2, 0) is 0 Å². The third kappa shape index (κ3) is 2.79. The van der Waals surface area contributed by atoms with Crippen LogP contribution in [0.25, 0.3) is 0 Å². The number of hydrogen-bond acceptors (Lipinski definition) is 3. The summed E-state index contributed by atoms with van der Waals surface area (Å²) in [6.45, 7) is 3.56. The summed E-state index contributed by atoms with van der Waals surface area (Å²) in [7, 11) is 0. The van der Waals surface area contributed by atoms with E-state index in [9.17, 15) is 0 Å². The van der Waals surface area contributed by atoms with Crippen molar-refractivity contribution in [2.75, 3.05) is 6.61 Å². The van der Waals surface area contributed by atoms with Gasteiger partial charge in [-0.15, -0.1) is 0 Å². The number of hydrogen-bond donors (Lipinski definition) is 3. The molecule has 3 nitrogen and oxygen atoms in total. The van der Waals surface area contributed by atoms with Crippen molar-refractivity contribution >= 4 is 0 Å². The molecule has 0 radical (unpaired) electrons. The third-order valence-corrected chi connectivity index (χ3v) is 1.40. The van der Waals surface area contributed by atoms with Crippen molar-refractivity contribution in [1.29, 1.82) is 0 Å². The maximum Gasteiger partial charge on any atom is 0.0923 e. The maximum atomic E-state index is 8.92. The zero-order chi connectivity index (χ0) is 7.44. The van der Waals surface area contributed by atoms with Gasteiger partial charge in [0.1, 0.15) is 0 Å². The molecule has 0 aromatic heterocycles. The van der Waals surface area contributed by atoms with Crippen LogP contribution in [0.1, 0.15) is 13.8 Å². The minimum Gasteiger partial charge on any atom is -0.394 e. The van der Waals surface area contributed by atoms with Crippen molar-refractivity contribution in [2.45, 2.75) is 26.0 Å². The van der Waals surface area contributed by atoms with Crippen LogP contribution in [0, 0.1) is 5.92 Å². The van der Waals surface area contributed by atoms with Crippen molar-refractivity contribution in [1.82, 2.24) is 0 Å². The van der Waals surface area contributed by atoms with E-state index < -0.39 is 6.10 Å². The average Bonchev–Trinajstić information content (AvgIpc) is 1.84. The molecule has 0 amide bonds. The van der Waals surface area contributed by atoms with Crippen molar-refractivity contribution in [3.63, 3.8) is 0 Å². The first-order chi connectivity index (χ1) is 4.09. The van der Waals surface area contributed by atoms with Crippen LogP contribution in [0.15, 0.2) is 0 Å². The van der Waals surface area contributed by atoms with Gasteiger partial charge in [-0.2, -0.15) is 0 Å². The molecule has 0 saturated carbocycles. The quantitative estimate of drug-likeness (QED) is 0.478. The zero-order valence-electron chi connectivity index (χ0n) is 5.91. The van der Waals surface area contributed by atoms with E-state index in [1.54, 1.807) is 0 Å². The predicted octanol–water partition coefficient (Wildman–Crippen LogP) is -0.677. The van der Waals surface area contributed by atoms with Crippen LogP contribution < -0.4 is 5.73 Å². The second kappa shape index (κ2) is 3.82. The summed E-state index contributed by atoms with van der Waals surface area (Å²) in [5, 5.41) is 17.3. The van der Waals surface area contributed by atoms with Crippen LogP contribution in [-0.4, -0.2) is 29.0 Å². The zero-order valence-corrected chi connectivity index (χ0v) is 5.91. The molecule has 0 aliphatic heterocycles. The average molecular weight is 133 g/mol. The summed E-state index contributed by atoms with van der Waals surface area (Å²) in [6.07, 6.45) is -0.773. The maximum absolute atomic E-state index is 8.92. The highest BCUT2D eigenvalue weighted by atomic mass is 16.3. The summed E-state index contributed by atoms with van der Waals surface area (Å²) < 4.78 is 0. The topological polar surface area (TPSA) is 66.5 Å². The van der Waals surface area contributed by atoms with E-state index in [2.05, 4.69) is 0 Å². The van der Waals surface area contributed by atoms with Crippen molar-refractivity contribution in [3.8, 4) is 0 Å². The largest absolute Gasteiger partial charge is 0.394 e. The van der Waals surface area contributed by atoms with E-state index in [1.165, 1.54) is 0 Å². The fraction of sp³-hybridized carbons (Fsp3) is 1.00. The van der Waals surface area contributed by atoms with E-state index >= 15 is 0 Å². The van der Waals surface area contributed by atoms with Gasteiger partial charge >= 0.3 is 0 Å². The van der Waals surface area contributed by atoms with Gasteiger partial charge in [0, 0.05) is 6.04 Å². The molecular weight excluding hydrogens is 118 g/mol. The highest BCUT2D eigenvalue weighted by Gasteiger charge is 2.16. The number of rotatable bonds is 3. The summed E-state index contributed by atoms with van der Waals surface area (Å²) in [5.74, 6) is 0.215. The molecule has 4 N–H and O–H groups in total. The Hall–Kier alpha value is -0.120. The molecule has 2 atom stereocenters. The van der Waals surface area contributed by atoms with Gasteiger partial charge in [-0.1, -0.05) is 13.8 Å². The Morgan fingerprint density at radius 2 is 1.89 bits per heavy atom. The van der Waals surface area contributed by atoms with E-state index in [0.29, 0.717) is 0 Å². The molecule has 0 saturated heterocycles. The fourth-order valence-electron chi connectivity index (χ4n) is 0.566. The lowest BCUT2D eigenvalue weighted by Gasteiger charge is -2.19. The van der Waals surface area contributed by atoms with Gasteiger partial charge in [-0.05, 0) is 5.92 Å². The molecule has 0 heterocycles. The lowest BCUT2D eigenvalue weighted by atomic mass is 10.0. The first-order valence-corrected chi connectivity index (χ1v) is 3.14. The molecule has 0 aliphatic rings. The van der Waals surface area contributed by atoms with E-state index in [1.807, 2.05) is 13.8 Å². The van der Waals surface area contributed by atoms with Crippen molar-refractivity contribution in [3.05, 3.63) is 0 Å². The highest BCUT2D eigenvalue weighted by molar-refractivity contribution is 4.73. The molecular formula is C6H15NO2. The number of aliphatic hydroxyl groups is 2. The van der Waals surface area contributed by atoms with Gasteiger partial charge in [0.25, 0.3) is 0 Å². The highest BCUT2D eigenvalue weighted by Crippen LogP contribution is 2.01. The molecule has 0 rings (SSSR count). The molecule has 0 bridgehead atoms. The molecule has 0 aromatic rings. The summed E-state index contributed by atoms with van der Waals surface area (Å²) >= 11 is 0. The summed E-state index contributed by atoms with van der Waals surface area (Å²) in [4.78, 5) is 0. The lowest BCUT2D eigenvalue weighted by Crippen LogP contribution is -2.41. The normalized spacial score (nSPS) is 18.0. The van der Waals surface area contributed by atoms with E-state index in [-0.39, 0.29) is 18.6 Å². The monoisotopic (exact) mass is 133 g/mol. The summed E-state index contributed by atoms with van der Waals surface area (Å²) in [6, 6.07) is -0.310. The summed E-state index contributed by atoms with van der Waals surface area (Å²) in [5.41, 5.74) is 5.46. The van der Waals surface area contributed by atoms with Crippen LogP contribution >= 0.6 is 0 Å². The van der Waals surface area contributed by atoms with Gasteiger partial charge in [0.05, 0.1) is 12.7 Å². The molecule has 0 fully saturated rings. The Balaban J connectivity index is 3.58. The Morgan fingerprint density at radius 1 is 1.44 bits per heavy atom. The molecule has 2 unspecified atom stereocenters. The minimum absolute atomic E-state index is 0.215. The van der Waals surface area contributed by atoms with Gasteiger partial charge in [-0.25, -0.2) is 0 Å². The van der Waals surface area contributed by atoms with Gasteiger partial charge in [-0.3, -0.25) is 0 Å². The molecule has 0 spiro atoms. The Bertz CT molecular complexity index is 75.5. The predicted molar refractivity (Wildman–Crippen MR) is 35.9 cm³/mol. The van der Waals surface area contributed by atoms with Crippen LogP contribution in [0.3, 0.4) is 0 Å². The van der Waals surface area contributed by atoms with E-state index in [4.69, 9.17) is 15.9 Å². The standard InChI is InChI=1S/C6H15NO2/c1-4(2)6(7)5(9)3-8/h4-6,8-9H,3,7H2,1-2H3. The van der Waals surface area contributed by atoms with Gasteiger partial charge < -0.3 is 15.9 Å². The molecule has 3 heteroatoms. The lowest BCUT2D eigenvalue weighted by molar-refractivity contribution is 0.0614. The number of nitrogens with two attached hydrogens (primary N) is 1. The molecule has 0 aromatic carbocycles. The van der Waals surface area contributed by atoms with Crippen LogP contribution in [0.2, 0.25) is 0 Å².